The number of rotatable bonds is 5. The van der Waals surface area contributed by atoms with E-state index in [4.69, 9.17) is 22.1 Å². The molecule has 0 aliphatic heterocycles. The van der Waals surface area contributed by atoms with Crippen LogP contribution in [0, 0.1) is 18.4 Å². The first kappa shape index (κ1) is 17.6. The van der Waals surface area contributed by atoms with Crippen molar-refractivity contribution in [2.75, 3.05) is 18.9 Å². The predicted molar refractivity (Wildman–Crippen MR) is 89.0 cm³/mol. The summed E-state index contributed by atoms with van der Waals surface area (Å²) in [5.74, 6) is 1.87. The fraction of sp³-hybridized carbons (Fsp3) is 0.400. The number of hydrogen-bond donors (Lipinski definition) is 2. The number of nitrogen functional groups attached to an aromatic ring is 1. The topological polar surface area (TPSA) is 72.5 Å². The van der Waals surface area contributed by atoms with Gasteiger partial charge in [0.05, 0.1) is 28.4 Å². The Kier molecular flexibility index (Phi) is 6.76. The zero-order chi connectivity index (χ0) is 16.0. The Morgan fingerprint density at radius 1 is 1.52 bits per heavy atom. The van der Waals surface area contributed by atoms with Crippen LogP contribution >= 0.6 is 11.6 Å². The molecule has 4 nitrogen and oxygen atoms in total. The van der Waals surface area contributed by atoms with Crippen molar-refractivity contribution in [2.45, 2.75) is 26.8 Å². The highest BCUT2D eigenvalue weighted by Crippen LogP contribution is 2.33. The molecule has 0 aromatic heterocycles. The molecule has 1 aromatic carbocycles. The number of benzene rings is 1. The lowest BCUT2D eigenvalue weighted by molar-refractivity contribution is 0.0696. The first-order valence-corrected chi connectivity index (χ1v) is 9.35. The van der Waals surface area contributed by atoms with E-state index in [2.05, 4.69) is 11.5 Å². The molecule has 0 spiro atoms. The Morgan fingerprint density at radius 3 is 2.71 bits per heavy atom. The van der Waals surface area contributed by atoms with Crippen molar-refractivity contribution in [1.29, 1.82) is 0 Å². The van der Waals surface area contributed by atoms with Gasteiger partial charge in [0.1, 0.15) is 9.52 Å². The summed E-state index contributed by atoms with van der Waals surface area (Å²) in [5, 5.41) is 9.52. The van der Waals surface area contributed by atoms with Gasteiger partial charge in [0, 0.05) is 6.61 Å². The molecule has 1 rings (SSSR count). The van der Waals surface area contributed by atoms with E-state index < -0.39 is 15.5 Å². The largest absolute Gasteiger partial charge is 0.478 e. The molecule has 1 aromatic rings. The number of nitrogens with two attached hydrogens (primary N) is 1. The SMILES string of the molecule is CCOCCc1c(C)c(C(=O)O)c(Cl)c(C#C[SiH2]C)c1N. The summed E-state index contributed by atoms with van der Waals surface area (Å²) in [6, 6.07) is 0. The predicted octanol–water partition coefficient (Wildman–Crippen LogP) is 2.03. The number of halogens is 1. The number of aromatic carboxylic acids is 1. The quantitative estimate of drug-likeness (QED) is 0.376. The molecule has 0 unspecified atom stereocenters. The highest BCUT2D eigenvalue weighted by Gasteiger charge is 2.22. The van der Waals surface area contributed by atoms with Crippen LogP contribution in [0.25, 0.3) is 0 Å². The number of anilines is 1. The maximum atomic E-state index is 11.5. The molecule has 21 heavy (non-hydrogen) atoms. The van der Waals surface area contributed by atoms with Gasteiger partial charge in [0.15, 0.2) is 0 Å². The second-order valence-corrected chi connectivity index (χ2v) is 5.93. The molecule has 0 amide bonds. The molecule has 0 bridgehead atoms. The molecule has 0 atom stereocenters. The van der Waals surface area contributed by atoms with Gasteiger partial charge in [0.25, 0.3) is 0 Å². The Balaban J connectivity index is 3.48. The summed E-state index contributed by atoms with van der Waals surface area (Å²) in [4.78, 5) is 11.5. The lowest BCUT2D eigenvalue weighted by Gasteiger charge is -2.16. The standard InChI is InChI=1S/C15H20ClNO3Si/c1-4-20-7-5-10-9(2)12(15(18)19)13(16)11(14(10)17)6-8-21-3/h4-5,7,17,21H2,1-3H3,(H,18,19). The molecule has 0 fully saturated rings. The van der Waals surface area contributed by atoms with E-state index in [1.165, 1.54) is 0 Å². The van der Waals surface area contributed by atoms with Gasteiger partial charge in [-0.25, -0.2) is 4.79 Å². The number of ether oxygens (including phenoxy) is 1. The van der Waals surface area contributed by atoms with Crippen LogP contribution < -0.4 is 5.73 Å². The highest BCUT2D eigenvalue weighted by atomic mass is 35.5. The van der Waals surface area contributed by atoms with Crippen LogP contribution in [-0.2, 0) is 11.2 Å². The summed E-state index contributed by atoms with van der Waals surface area (Å²) in [6.45, 7) is 6.76. The lowest BCUT2D eigenvalue weighted by atomic mass is 9.94. The Morgan fingerprint density at radius 2 is 2.19 bits per heavy atom. The van der Waals surface area contributed by atoms with E-state index in [0.29, 0.717) is 36.4 Å². The van der Waals surface area contributed by atoms with Crippen molar-refractivity contribution in [1.82, 2.24) is 0 Å². The third-order valence-electron chi connectivity index (χ3n) is 3.17. The van der Waals surface area contributed by atoms with E-state index >= 15 is 0 Å². The molecule has 0 radical (unpaired) electrons. The summed E-state index contributed by atoms with van der Waals surface area (Å²) in [6.07, 6.45) is 0.543. The van der Waals surface area contributed by atoms with Crippen molar-refractivity contribution < 1.29 is 14.6 Å². The molecule has 0 heterocycles. The zero-order valence-corrected chi connectivity index (χ0v) is 14.7. The van der Waals surface area contributed by atoms with Crippen LogP contribution in [0.2, 0.25) is 11.6 Å². The van der Waals surface area contributed by atoms with E-state index in [9.17, 15) is 9.90 Å². The molecule has 3 N–H and O–H groups in total. The fourth-order valence-corrected chi connectivity index (χ4v) is 2.83. The van der Waals surface area contributed by atoms with E-state index in [-0.39, 0.29) is 10.6 Å². The van der Waals surface area contributed by atoms with Crippen LogP contribution in [0.4, 0.5) is 5.69 Å². The van der Waals surface area contributed by atoms with Gasteiger partial charge in [-0.2, -0.15) is 0 Å². The van der Waals surface area contributed by atoms with Crippen LogP contribution in [0.5, 0.6) is 0 Å². The molecule has 0 aliphatic carbocycles. The van der Waals surface area contributed by atoms with Gasteiger partial charge in [-0.1, -0.05) is 24.1 Å². The van der Waals surface area contributed by atoms with Gasteiger partial charge in [-0.3, -0.25) is 0 Å². The van der Waals surface area contributed by atoms with Crippen molar-refractivity contribution in [2.24, 2.45) is 0 Å². The van der Waals surface area contributed by atoms with Gasteiger partial charge in [0.2, 0.25) is 0 Å². The number of carbonyl (C=O) groups is 1. The Bertz CT molecular complexity index is 605. The van der Waals surface area contributed by atoms with Crippen LogP contribution in [-0.4, -0.2) is 33.8 Å². The van der Waals surface area contributed by atoms with Crippen LogP contribution in [0.15, 0.2) is 0 Å². The van der Waals surface area contributed by atoms with E-state index in [1.807, 2.05) is 13.5 Å². The van der Waals surface area contributed by atoms with Crippen molar-refractivity contribution in [3.8, 4) is 11.5 Å². The summed E-state index contributed by atoms with van der Waals surface area (Å²) in [7, 11) is -0.482. The number of hydrogen-bond acceptors (Lipinski definition) is 3. The third-order valence-corrected chi connectivity index (χ3v) is 4.07. The third kappa shape index (κ3) is 4.00. The van der Waals surface area contributed by atoms with Crippen LogP contribution in [0.1, 0.15) is 34.0 Å². The summed E-state index contributed by atoms with van der Waals surface area (Å²) in [5.41, 5.74) is 11.5. The monoisotopic (exact) mass is 325 g/mol. The van der Waals surface area contributed by atoms with Crippen LogP contribution in [0.3, 0.4) is 0 Å². The van der Waals surface area contributed by atoms with E-state index in [0.717, 1.165) is 5.56 Å². The highest BCUT2D eigenvalue weighted by molar-refractivity contribution is 6.44. The second-order valence-electron chi connectivity index (χ2n) is 4.49. The van der Waals surface area contributed by atoms with Gasteiger partial charge in [-0.05, 0) is 31.4 Å². The Hall–Kier alpha value is -1.48. The average Bonchev–Trinajstić information content (AvgIpc) is 2.42. The first-order valence-electron chi connectivity index (χ1n) is 6.85. The molecule has 0 aliphatic rings. The molecule has 6 heteroatoms. The summed E-state index contributed by atoms with van der Waals surface area (Å²) < 4.78 is 5.33. The maximum Gasteiger partial charge on any atom is 0.337 e. The van der Waals surface area contributed by atoms with Gasteiger partial charge < -0.3 is 15.6 Å². The minimum atomic E-state index is -1.06. The zero-order valence-electron chi connectivity index (χ0n) is 12.5. The number of carboxylic acid groups (broad SMARTS) is 1. The molecule has 0 saturated heterocycles. The fourth-order valence-electron chi connectivity index (χ4n) is 2.11. The smallest absolute Gasteiger partial charge is 0.337 e. The molecular weight excluding hydrogens is 306 g/mol. The van der Waals surface area contributed by atoms with Gasteiger partial charge in [-0.15, -0.1) is 5.54 Å². The van der Waals surface area contributed by atoms with Crippen molar-refractivity contribution >= 4 is 32.8 Å². The normalized spacial score (nSPS) is 10.7. The summed E-state index contributed by atoms with van der Waals surface area (Å²) >= 11 is 6.20. The van der Waals surface area contributed by atoms with E-state index in [1.54, 1.807) is 6.92 Å². The Labute approximate surface area is 132 Å². The van der Waals surface area contributed by atoms with Crippen molar-refractivity contribution in [3.05, 3.63) is 27.3 Å². The molecule has 114 valence electrons. The maximum absolute atomic E-state index is 11.5. The van der Waals surface area contributed by atoms with Gasteiger partial charge >= 0.3 is 5.97 Å². The first-order chi connectivity index (χ1) is 9.95. The average molecular weight is 326 g/mol. The van der Waals surface area contributed by atoms with Crippen molar-refractivity contribution in [3.63, 3.8) is 0 Å². The molecule has 0 saturated carbocycles. The lowest BCUT2D eigenvalue weighted by Crippen LogP contribution is -2.12. The second kappa shape index (κ2) is 8.08. The minimum Gasteiger partial charge on any atom is -0.478 e. The number of carboxylic acids is 1. The minimum absolute atomic E-state index is 0.0828. The molecular formula is C15H20ClNO3Si.